The van der Waals surface area contributed by atoms with Crippen molar-refractivity contribution >= 4 is 22.9 Å². The second kappa shape index (κ2) is 8.99. The molecule has 0 radical (unpaired) electrons. The molecule has 3 rings (SSSR count). The van der Waals surface area contributed by atoms with E-state index < -0.39 is 0 Å². The zero-order valence-corrected chi connectivity index (χ0v) is 15.6. The number of hydrogen-bond acceptors (Lipinski definition) is 6. The van der Waals surface area contributed by atoms with Crippen LogP contribution in [-0.4, -0.2) is 41.8 Å². The third-order valence-corrected chi connectivity index (χ3v) is 4.81. The molecule has 0 saturated heterocycles. The summed E-state index contributed by atoms with van der Waals surface area (Å²) in [5.41, 5.74) is 0. The fraction of sp³-hybridized carbons (Fsp3) is 0.333. The first-order chi connectivity index (χ1) is 12.2. The van der Waals surface area contributed by atoms with Gasteiger partial charge in [0.25, 0.3) is 0 Å². The molecule has 0 fully saturated rings. The van der Waals surface area contributed by atoms with E-state index >= 15 is 0 Å². The van der Waals surface area contributed by atoms with Crippen molar-refractivity contribution in [3.05, 3.63) is 52.7 Å². The van der Waals surface area contributed by atoms with Crippen molar-refractivity contribution in [2.24, 2.45) is 0 Å². The van der Waals surface area contributed by atoms with Crippen LogP contribution >= 0.6 is 22.9 Å². The molecule has 0 aliphatic heterocycles. The van der Waals surface area contributed by atoms with E-state index in [1.807, 2.05) is 41.8 Å². The van der Waals surface area contributed by atoms with Crippen molar-refractivity contribution in [2.75, 3.05) is 26.7 Å². The van der Waals surface area contributed by atoms with Crippen LogP contribution in [0.4, 0.5) is 0 Å². The van der Waals surface area contributed by atoms with Gasteiger partial charge in [-0.15, -0.1) is 11.3 Å². The fourth-order valence-electron chi connectivity index (χ4n) is 2.32. The lowest BCUT2D eigenvalue weighted by molar-refractivity contribution is 0.234. The highest BCUT2D eigenvalue weighted by atomic mass is 35.5. The highest BCUT2D eigenvalue weighted by molar-refractivity contribution is 7.13. The average molecular weight is 378 g/mol. The van der Waals surface area contributed by atoms with Gasteiger partial charge in [-0.2, -0.15) is 4.98 Å². The van der Waals surface area contributed by atoms with Crippen molar-refractivity contribution in [3.63, 3.8) is 0 Å². The van der Waals surface area contributed by atoms with Gasteiger partial charge in [-0.05, 0) is 55.7 Å². The first-order valence-corrected chi connectivity index (χ1v) is 9.40. The first kappa shape index (κ1) is 17.9. The lowest BCUT2D eigenvalue weighted by atomic mass is 10.3. The van der Waals surface area contributed by atoms with Crippen LogP contribution in [0.15, 0.2) is 46.3 Å². The number of rotatable bonds is 9. The van der Waals surface area contributed by atoms with Crippen LogP contribution in [0, 0.1) is 0 Å². The summed E-state index contributed by atoms with van der Waals surface area (Å²) in [4.78, 5) is 7.70. The lowest BCUT2D eigenvalue weighted by Gasteiger charge is -2.16. The summed E-state index contributed by atoms with van der Waals surface area (Å²) in [5.74, 6) is 2.20. The van der Waals surface area contributed by atoms with Gasteiger partial charge in [0.1, 0.15) is 12.4 Å². The fourth-order valence-corrected chi connectivity index (χ4v) is 3.10. The summed E-state index contributed by atoms with van der Waals surface area (Å²) in [5, 5.41) is 6.75. The number of halogens is 1. The number of likely N-dealkylation sites (N-methyl/N-ethyl adjacent to an activating group) is 1. The van der Waals surface area contributed by atoms with E-state index in [1.54, 1.807) is 11.3 Å². The topological polar surface area (TPSA) is 51.4 Å². The zero-order chi connectivity index (χ0) is 17.5. The van der Waals surface area contributed by atoms with Gasteiger partial charge in [0.15, 0.2) is 0 Å². The largest absolute Gasteiger partial charge is 0.492 e. The molecular formula is C18H20ClN3O2S. The van der Waals surface area contributed by atoms with Crippen LogP contribution in [0.1, 0.15) is 12.3 Å². The Bertz CT molecular complexity index is 759. The number of thiophene rings is 1. The van der Waals surface area contributed by atoms with E-state index in [4.69, 9.17) is 20.9 Å². The minimum Gasteiger partial charge on any atom is -0.492 e. The lowest BCUT2D eigenvalue weighted by Crippen LogP contribution is -2.25. The van der Waals surface area contributed by atoms with E-state index in [-0.39, 0.29) is 0 Å². The van der Waals surface area contributed by atoms with Crippen LogP contribution in [0.25, 0.3) is 10.7 Å². The van der Waals surface area contributed by atoms with Gasteiger partial charge in [0, 0.05) is 18.0 Å². The van der Waals surface area contributed by atoms with Gasteiger partial charge in [0.2, 0.25) is 11.7 Å². The van der Waals surface area contributed by atoms with Gasteiger partial charge >= 0.3 is 0 Å². The molecular weight excluding hydrogens is 358 g/mol. The molecule has 0 aliphatic carbocycles. The molecule has 0 saturated carbocycles. The maximum absolute atomic E-state index is 5.85. The molecule has 1 aromatic carbocycles. The van der Waals surface area contributed by atoms with Gasteiger partial charge < -0.3 is 14.2 Å². The summed E-state index contributed by atoms with van der Waals surface area (Å²) < 4.78 is 11.0. The van der Waals surface area contributed by atoms with E-state index in [9.17, 15) is 0 Å². The number of hydrogen-bond donors (Lipinski definition) is 0. The van der Waals surface area contributed by atoms with Crippen molar-refractivity contribution in [1.29, 1.82) is 0 Å². The van der Waals surface area contributed by atoms with Crippen molar-refractivity contribution in [1.82, 2.24) is 15.0 Å². The van der Waals surface area contributed by atoms with Crippen molar-refractivity contribution in [3.8, 4) is 16.5 Å². The molecule has 0 amide bonds. The Balaban J connectivity index is 1.34. The third kappa shape index (κ3) is 5.56. The molecule has 0 aliphatic rings. The summed E-state index contributed by atoms with van der Waals surface area (Å²) in [7, 11) is 2.08. The normalized spacial score (nSPS) is 11.2. The molecule has 7 heteroatoms. The molecule has 5 nitrogen and oxygen atoms in total. The van der Waals surface area contributed by atoms with Crippen molar-refractivity contribution in [2.45, 2.75) is 12.8 Å². The number of ether oxygens (including phenoxy) is 1. The summed E-state index contributed by atoms with van der Waals surface area (Å²) in [6.07, 6.45) is 1.74. The molecule has 0 N–H and O–H groups in total. The quantitative estimate of drug-likeness (QED) is 0.553. The third-order valence-electron chi connectivity index (χ3n) is 3.70. The predicted octanol–water partition coefficient (Wildman–Crippen LogP) is 4.39. The minimum absolute atomic E-state index is 0.640. The number of nitrogens with zero attached hydrogens (tertiary/aromatic N) is 3. The van der Waals surface area contributed by atoms with E-state index in [2.05, 4.69) is 22.1 Å². The maximum Gasteiger partial charge on any atom is 0.227 e. The Kier molecular flexibility index (Phi) is 6.44. The Morgan fingerprint density at radius 2 is 2.04 bits per heavy atom. The Morgan fingerprint density at radius 3 is 2.80 bits per heavy atom. The van der Waals surface area contributed by atoms with Crippen LogP contribution in [0.5, 0.6) is 5.75 Å². The number of aryl methyl sites for hydroxylation is 1. The van der Waals surface area contributed by atoms with Crippen LogP contribution in [-0.2, 0) is 6.42 Å². The van der Waals surface area contributed by atoms with Gasteiger partial charge in [0.05, 0.1) is 4.88 Å². The predicted molar refractivity (Wildman–Crippen MR) is 100 cm³/mol. The molecule has 0 atom stereocenters. The minimum atomic E-state index is 0.640. The molecule has 2 aromatic heterocycles. The SMILES string of the molecule is CN(CCCc1nc(-c2cccs2)no1)CCOc1ccc(Cl)cc1. The Labute approximate surface area is 156 Å². The summed E-state index contributed by atoms with van der Waals surface area (Å²) in [6.45, 7) is 2.44. The monoisotopic (exact) mass is 377 g/mol. The van der Waals surface area contributed by atoms with Gasteiger partial charge in [-0.3, -0.25) is 0 Å². The van der Waals surface area contributed by atoms with E-state index in [0.29, 0.717) is 23.3 Å². The Morgan fingerprint density at radius 1 is 1.20 bits per heavy atom. The highest BCUT2D eigenvalue weighted by Crippen LogP contribution is 2.21. The van der Waals surface area contributed by atoms with Crippen LogP contribution in [0.2, 0.25) is 5.02 Å². The van der Waals surface area contributed by atoms with Crippen LogP contribution in [0.3, 0.4) is 0 Å². The second-order valence-corrected chi connectivity index (χ2v) is 7.08. The molecule has 0 spiro atoms. The number of aromatic nitrogens is 2. The first-order valence-electron chi connectivity index (χ1n) is 8.14. The van der Waals surface area contributed by atoms with Crippen LogP contribution < -0.4 is 4.74 Å². The molecule has 132 valence electrons. The number of benzene rings is 1. The summed E-state index contributed by atoms with van der Waals surface area (Å²) in [6, 6.07) is 11.4. The summed E-state index contributed by atoms with van der Waals surface area (Å²) >= 11 is 7.47. The van der Waals surface area contributed by atoms with E-state index in [0.717, 1.165) is 36.6 Å². The molecule has 3 aromatic rings. The smallest absolute Gasteiger partial charge is 0.227 e. The average Bonchev–Trinajstić information content (AvgIpc) is 3.28. The Hall–Kier alpha value is -1.89. The molecule has 25 heavy (non-hydrogen) atoms. The molecule has 0 bridgehead atoms. The van der Waals surface area contributed by atoms with Crippen molar-refractivity contribution < 1.29 is 9.26 Å². The van der Waals surface area contributed by atoms with Gasteiger partial charge in [-0.1, -0.05) is 22.8 Å². The second-order valence-electron chi connectivity index (χ2n) is 5.70. The standard InChI is InChI=1S/C18H20ClN3O2S/c1-22(11-12-23-15-8-6-14(19)7-9-15)10-2-5-17-20-18(21-24-17)16-4-3-13-25-16/h3-4,6-9,13H,2,5,10-12H2,1H3. The van der Waals surface area contributed by atoms with Gasteiger partial charge in [-0.25, -0.2) is 0 Å². The maximum atomic E-state index is 5.85. The highest BCUT2D eigenvalue weighted by Gasteiger charge is 2.09. The molecule has 0 unspecified atom stereocenters. The molecule has 2 heterocycles. The van der Waals surface area contributed by atoms with E-state index in [1.165, 1.54) is 0 Å². The zero-order valence-electron chi connectivity index (χ0n) is 14.0.